The molecular formula is C17H20N2O3S. The van der Waals surface area contributed by atoms with Crippen LogP contribution in [-0.4, -0.2) is 21.4 Å². The van der Waals surface area contributed by atoms with E-state index >= 15 is 0 Å². The van der Waals surface area contributed by atoms with Crippen molar-refractivity contribution in [3.05, 3.63) is 58.7 Å². The zero-order valence-electron chi connectivity index (χ0n) is 13.6. The molecule has 0 spiro atoms. The maximum absolute atomic E-state index is 12.4. The standard InChI is InChI=1S/C17H20N2O3S/c1-11-5-6-12(2)15(9-11)17(20)19-14-8-7-13(3)16(10-14)23(21,22)18-4/h5-10,18H,1-4H3,(H,19,20). The molecule has 2 N–H and O–H groups in total. The third-order valence-corrected chi connectivity index (χ3v) is 5.20. The molecule has 0 unspecified atom stereocenters. The number of anilines is 1. The van der Waals surface area contributed by atoms with Gasteiger partial charge in [-0.15, -0.1) is 0 Å². The third-order valence-electron chi connectivity index (χ3n) is 3.64. The molecule has 0 bridgehead atoms. The first-order valence-electron chi connectivity index (χ1n) is 7.17. The second kappa shape index (κ2) is 6.52. The normalized spacial score (nSPS) is 11.3. The summed E-state index contributed by atoms with van der Waals surface area (Å²) in [5.74, 6) is -0.261. The Morgan fingerprint density at radius 2 is 1.61 bits per heavy atom. The van der Waals surface area contributed by atoms with E-state index in [4.69, 9.17) is 0 Å². The van der Waals surface area contributed by atoms with E-state index in [-0.39, 0.29) is 10.8 Å². The van der Waals surface area contributed by atoms with E-state index in [0.29, 0.717) is 16.8 Å². The van der Waals surface area contributed by atoms with Crippen molar-refractivity contribution in [2.45, 2.75) is 25.7 Å². The quantitative estimate of drug-likeness (QED) is 0.904. The van der Waals surface area contributed by atoms with Gasteiger partial charge >= 0.3 is 0 Å². The van der Waals surface area contributed by atoms with Gasteiger partial charge in [-0.3, -0.25) is 4.79 Å². The van der Waals surface area contributed by atoms with E-state index in [2.05, 4.69) is 10.0 Å². The fourth-order valence-electron chi connectivity index (χ4n) is 2.26. The van der Waals surface area contributed by atoms with Crippen LogP contribution in [0.4, 0.5) is 5.69 Å². The largest absolute Gasteiger partial charge is 0.322 e. The van der Waals surface area contributed by atoms with Crippen molar-refractivity contribution >= 4 is 21.6 Å². The van der Waals surface area contributed by atoms with Gasteiger partial charge in [-0.25, -0.2) is 13.1 Å². The molecule has 23 heavy (non-hydrogen) atoms. The number of nitrogens with one attached hydrogen (secondary N) is 2. The summed E-state index contributed by atoms with van der Waals surface area (Å²) in [7, 11) is -2.21. The molecule has 1 amide bonds. The minimum absolute atomic E-state index is 0.152. The number of sulfonamides is 1. The van der Waals surface area contributed by atoms with Crippen LogP contribution in [0.25, 0.3) is 0 Å². The summed E-state index contributed by atoms with van der Waals surface area (Å²) in [5, 5.41) is 2.76. The molecule has 0 heterocycles. The molecule has 0 aliphatic rings. The van der Waals surface area contributed by atoms with Crippen LogP contribution in [0.5, 0.6) is 0 Å². The second-order valence-electron chi connectivity index (χ2n) is 5.46. The summed E-state index contributed by atoms with van der Waals surface area (Å²) in [6.07, 6.45) is 0. The lowest BCUT2D eigenvalue weighted by atomic mass is 10.0. The van der Waals surface area contributed by atoms with Crippen LogP contribution in [-0.2, 0) is 10.0 Å². The van der Waals surface area contributed by atoms with Gasteiger partial charge in [0.25, 0.3) is 5.91 Å². The van der Waals surface area contributed by atoms with Crippen LogP contribution >= 0.6 is 0 Å². The topological polar surface area (TPSA) is 75.3 Å². The molecule has 0 radical (unpaired) electrons. The number of aryl methyl sites for hydroxylation is 3. The van der Waals surface area contributed by atoms with Crippen LogP contribution in [0, 0.1) is 20.8 Å². The molecule has 0 saturated carbocycles. The van der Waals surface area contributed by atoms with Gasteiger partial charge in [0.2, 0.25) is 10.0 Å². The van der Waals surface area contributed by atoms with Gasteiger partial charge in [0.05, 0.1) is 4.90 Å². The van der Waals surface area contributed by atoms with Gasteiger partial charge in [-0.1, -0.05) is 23.8 Å². The van der Waals surface area contributed by atoms with Gasteiger partial charge < -0.3 is 5.32 Å². The molecule has 0 aliphatic heterocycles. The SMILES string of the molecule is CNS(=O)(=O)c1cc(NC(=O)c2cc(C)ccc2C)ccc1C. The van der Waals surface area contributed by atoms with Crippen molar-refractivity contribution in [1.82, 2.24) is 4.72 Å². The molecule has 0 aromatic heterocycles. The van der Waals surface area contributed by atoms with E-state index in [1.54, 1.807) is 19.1 Å². The lowest BCUT2D eigenvalue weighted by Crippen LogP contribution is -2.20. The highest BCUT2D eigenvalue weighted by Crippen LogP contribution is 2.21. The summed E-state index contributed by atoms with van der Waals surface area (Å²) in [5.41, 5.74) is 3.48. The van der Waals surface area contributed by atoms with Crippen molar-refractivity contribution in [3.63, 3.8) is 0 Å². The van der Waals surface area contributed by atoms with Crippen molar-refractivity contribution in [1.29, 1.82) is 0 Å². The highest BCUT2D eigenvalue weighted by Gasteiger charge is 2.16. The van der Waals surface area contributed by atoms with Gasteiger partial charge in [-0.05, 0) is 57.1 Å². The van der Waals surface area contributed by atoms with E-state index < -0.39 is 10.0 Å². The van der Waals surface area contributed by atoms with E-state index in [1.807, 2.05) is 32.0 Å². The number of amides is 1. The number of benzene rings is 2. The van der Waals surface area contributed by atoms with E-state index in [1.165, 1.54) is 13.1 Å². The Bertz CT molecular complexity index is 858. The van der Waals surface area contributed by atoms with Crippen molar-refractivity contribution < 1.29 is 13.2 Å². The van der Waals surface area contributed by atoms with Crippen molar-refractivity contribution in [2.24, 2.45) is 0 Å². The number of carbonyl (C=O) groups is 1. The zero-order valence-corrected chi connectivity index (χ0v) is 14.4. The average Bonchev–Trinajstić information content (AvgIpc) is 2.51. The molecule has 0 fully saturated rings. The molecule has 0 aliphatic carbocycles. The third kappa shape index (κ3) is 3.78. The first-order chi connectivity index (χ1) is 10.7. The highest BCUT2D eigenvalue weighted by molar-refractivity contribution is 7.89. The minimum atomic E-state index is -3.57. The Balaban J connectivity index is 2.36. The molecule has 5 nitrogen and oxygen atoms in total. The average molecular weight is 332 g/mol. The first-order valence-corrected chi connectivity index (χ1v) is 8.65. The predicted molar refractivity (Wildman–Crippen MR) is 91.3 cm³/mol. The Morgan fingerprint density at radius 3 is 2.26 bits per heavy atom. The van der Waals surface area contributed by atoms with Crippen LogP contribution in [0.2, 0.25) is 0 Å². The Hall–Kier alpha value is -2.18. The first kappa shape index (κ1) is 17.2. The highest BCUT2D eigenvalue weighted by atomic mass is 32.2. The number of hydrogen-bond acceptors (Lipinski definition) is 3. The fraction of sp³-hybridized carbons (Fsp3) is 0.235. The van der Waals surface area contributed by atoms with Crippen LogP contribution in [0.1, 0.15) is 27.0 Å². The summed E-state index contributed by atoms with van der Waals surface area (Å²) in [6.45, 7) is 5.49. The Morgan fingerprint density at radius 1 is 0.957 bits per heavy atom. The van der Waals surface area contributed by atoms with E-state index in [9.17, 15) is 13.2 Å². The molecule has 2 aromatic rings. The molecular weight excluding hydrogens is 312 g/mol. The molecule has 0 saturated heterocycles. The van der Waals surface area contributed by atoms with Crippen molar-refractivity contribution in [2.75, 3.05) is 12.4 Å². The molecule has 0 atom stereocenters. The second-order valence-corrected chi connectivity index (χ2v) is 7.32. The number of rotatable bonds is 4. The number of hydrogen-bond donors (Lipinski definition) is 2. The molecule has 2 rings (SSSR count). The van der Waals surface area contributed by atoms with Crippen LogP contribution < -0.4 is 10.0 Å². The zero-order chi connectivity index (χ0) is 17.2. The molecule has 2 aromatic carbocycles. The molecule has 6 heteroatoms. The van der Waals surface area contributed by atoms with E-state index in [0.717, 1.165) is 11.1 Å². The van der Waals surface area contributed by atoms with Gasteiger partial charge in [0.15, 0.2) is 0 Å². The smallest absolute Gasteiger partial charge is 0.255 e. The lowest BCUT2D eigenvalue weighted by molar-refractivity contribution is 0.102. The van der Waals surface area contributed by atoms with Crippen LogP contribution in [0.3, 0.4) is 0 Å². The van der Waals surface area contributed by atoms with Gasteiger partial charge in [-0.2, -0.15) is 0 Å². The van der Waals surface area contributed by atoms with Crippen molar-refractivity contribution in [3.8, 4) is 0 Å². The summed E-state index contributed by atoms with van der Waals surface area (Å²) < 4.78 is 26.3. The van der Waals surface area contributed by atoms with Gasteiger partial charge in [0, 0.05) is 11.3 Å². The lowest BCUT2D eigenvalue weighted by Gasteiger charge is -2.12. The number of carbonyl (C=O) groups excluding carboxylic acids is 1. The van der Waals surface area contributed by atoms with Crippen LogP contribution in [0.15, 0.2) is 41.3 Å². The maximum atomic E-state index is 12.4. The minimum Gasteiger partial charge on any atom is -0.322 e. The summed E-state index contributed by atoms with van der Waals surface area (Å²) in [6, 6.07) is 10.5. The predicted octanol–water partition coefficient (Wildman–Crippen LogP) is 2.77. The van der Waals surface area contributed by atoms with Gasteiger partial charge in [0.1, 0.15) is 0 Å². The monoisotopic (exact) mass is 332 g/mol. The Kier molecular flexibility index (Phi) is 4.87. The maximum Gasteiger partial charge on any atom is 0.255 e. The summed E-state index contributed by atoms with van der Waals surface area (Å²) in [4.78, 5) is 12.6. The summed E-state index contributed by atoms with van der Waals surface area (Å²) >= 11 is 0. The molecule has 122 valence electrons. The fourth-order valence-corrected chi connectivity index (χ4v) is 3.25. The Labute approximate surface area is 136 Å².